The van der Waals surface area contributed by atoms with Gasteiger partial charge in [-0.15, -0.1) is 11.3 Å². The van der Waals surface area contributed by atoms with E-state index in [0.29, 0.717) is 12.4 Å². The summed E-state index contributed by atoms with van der Waals surface area (Å²) in [6.45, 7) is 0.990. The van der Waals surface area contributed by atoms with E-state index in [2.05, 4.69) is 75.1 Å². The van der Waals surface area contributed by atoms with Crippen molar-refractivity contribution in [3.8, 4) is 28.4 Å². The Hall–Kier alpha value is -5.06. The second-order valence-electron chi connectivity index (χ2n) is 10.9. The van der Waals surface area contributed by atoms with Crippen LogP contribution < -0.4 is 10.1 Å². The molecule has 0 spiro atoms. The minimum absolute atomic E-state index is 0.536. The molecule has 4 aromatic heterocycles. The highest BCUT2D eigenvalue weighted by Gasteiger charge is 2.19. The fourth-order valence-electron chi connectivity index (χ4n) is 5.39. The van der Waals surface area contributed by atoms with Gasteiger partial charge in [-0.2, -0.15) is 0 Å². The fraction of sp³-hybridized carbons (Fsp3) is 0.176. The highest BCUT2D eigenvalue weighted by atomic mass is 32.1. The number of fused-ring (bicyclic) bond motifs is 2. The molecule has 44 heavy (non-hydrogen) atoms. The zero-order valence-corrected chi connectivity index (χ0v) is 25.6. The first-order chi connectivity index (χ1) is 21.5. The molecule has 0 bridgehead atoms. The van der Waals surface area contributed by atoms with Crippen molar-refractivity contribution in [2.24, 2.45) is 0 Å². The van der Waals surface area contributed by atoms with Crippen LogP contribution in [0, 0.1) is 0 Å². The summed E-state index contributed by atoms with van der Waals surface area (Å²) in [5.74, 6) is 2.27. The maximum atomic E-state index is 5.54. The largest absolute Gasteiger partial charge is 0.496 e. The summed E-state index contributed by atoms with van der Waals surface area (Å²) in [7, 11) is 5.87. The van der Waals surface area contributed by atoms with Crippen molar-refractivity contribution in [1.29, 1.82) is 0 Å². The number of para-hydroxylation sites is 1. The number of ether oxygens (including phenoxy) is 1. The van der Waals surface area contributed by atoms with Crippen molar-refractivity contribution >= 4 is 39.0 Å². The van der Waals surface area contributed by atoms with Crippen LogP contribution in [0.5, 0.6) is 5.75 Å². The van der Waals surface area contributed by atoms with E-state index in [1.807, 2.05) is 48.0 Å². The van der Waals surface area contributed by atoms with Crippen LogP contribution >= 0.6 is 11.3 Å². The van der Waals surface area contributed by atoms with E-state index in [0.717, 1.165) is 74.4 Å². The Balaban J connectivity index is 1.21. The summed E-state index contributed by atoms with van der Waals surface area (Å²) in [5.41, 5.74) is 8.70. The number of nitrogens with one attached hydrogen (secondary N) is 2. The lowest BCUT2D eigenvalue weighted by atomic mass is 10.1. The minimum atomic E-state index is 0.536. The molecule has 0 radical (unpaired) electrons. The number of hydrogen-bond donors (Lipinski definition) is 2. The third-order valence-electron chi connectivity index (χ3n) is 7.55. The number of rotatable bonds is 10. The van der Waals surface area contributed by atoms with E-state index in [9.17, 15) is 0 Å². The molecule has 0 unspecified atom stereocenters. The minimum Gasteiger partial charge on any atom is -0.496 e. The highest BCUT2D eigenvalue weighted by Crippen LogP contribution is 2.35. The van der Waals surface area contributed by atoms with Crippen LogP contribution in [0.3, 0.4) is 0 Å². The van der Waals surface area contributed by atoms with Crippen LogP contribution in [0.15, 0.2) is 90.6 Å². The molecule has 0 aliphatic carbocycles. The monoisotopic (exact) mass is 600 g/mol. The van der Waals surface area contributed by atoms with E-state index >= 15 is 0 Å². The number of aromatic amines is 1. The number of benzene rings is 3. The molecule has 0 amide bonds. The number of thiazole rings is 1. The lowest BCUT2D eigenvalue weighted by molar-refractivity contribution is 0.410. The van der Waals surface area contributed by atoms with Crippen LogP contribution in [0.4, 0.5) is 11.6 Å². The van der Waals surface area contributed by atoms with Crippen molar-refractivity contribution in [2.75, 3.05) is 33.1 Å². The number of hydrogen-bond acceptors (Lipinski definition) is 8. The molecular weight excluding hydrogens is 568 g/mol. The van der Waals surface area contributed by atoms with Gasteiger partial charge in [-0.3, -0.25) is 4.40 Å². The summed E-state index contributed by atoms with van der Waals surface area (Å²) in [4.78, 5) is 25.9. The average Bonchev–Trinajstić information content (AvgIpc) is 3.75. The van der Waals surface area contributed by atoms with Gasteiger partial charge in [0.05, 0.1) is 29.5 Å². The van der Waals surface area contributed by atoms with Crippen molar-refractivity contribution in [1.82, 2.24) is 34.2 Å². The van der Waals surface area contributed by atoms with E-state index in [1.54, 1.807) is 24.6 Å². The van der Waals surface area contributed by atoms with Gasteiger partial charge < -0.3 is 19.9 Å². The SMILES string of the molecule is COc1ccccc1Cc1nc2ccc(-c3nc4sccn4c3-c3ccnc(Nc4cccc(CCN(C)C)c4)n3)cc2[nH]1. The van der Waals surface area contributed by atoms with E-state index in [-0.39, 0.29) is 0 Å². The second-order valence-corrected chi connectivity index (χ2v) is 11.8. The average molecular weight is 601 g/mol. The van der Waals surface area contributed by atoms with Gasteiger partial charge in [-0.1, -0.05) is 36.4 Å². The predicted molar refractivity (Wildman–Crippen MR) is 177 cm³/mol. The summed E-state index contributed by atoms with van der Waals surface area (Å²) < 4.78 is 7.64. The molecule has 10 heteroatoms. The number of H-pyrrole nitrogens is 1. The molecule has 2 N–H and O–H groups in total. The Labute approximate surface area is 259 Å². The first-order valence-corrected chi connectivity index (χ1v) is 15.3. The third-order valence-corrected chi connectivity index (χ3v) is 8.30. The van der Waals surface area contributed by atoms with Crippen molar-refractivity contribution in [2.45, 2.75) is 12.8 Å². The Kier molecular flexibility index (Phi) is 7.51. The number of likely N-dealkylation sites (N-methyl/N-ethyl adjacent to an activating group) is 1. The lowest BCUT2D eigenvalue weighted by Crippen LogP contribution is -2.15. The molecule has 7 rings (SSSR count). The van der Waals surface area contributed by atoms with Gasteiger partial charge in [0.1, 0.15) is 17.3 Å². The number of aromatic nitrogens is 6. The molecule has 0 atom stereocenters. The first-order valence-electron chi connectivity index (χ1n) is 14.4. The van der Waals surface area contributed by atoms with Crippen LogP contribution in [0.25, 0.3) is 38.6 Å². The molecule has 7 aromatic rings. The van der Waals surface area contributed by atoms with Gasteiger partial charge in [0, 0.05) is 47.6 Å². The Bertz CT molecular complexity index is 2070. The summed E-state index contributed by atoms with van der Waals surface area (Å²) in [6.07, 6.45) is 5.45. The van der Waals surface area contributed by atoms with Crippen LogP contribution in [0.1, 0.15) is 17.0 Å². The predicted octanol–water partition coefficient (Wildman–Crippen LogP) is 6.84. The van der Waals surface area contributed by atoms with Gasteiger partial charge >= 0.3 is 0 Å². The Morgan fingerprint density at radius 1 is 0.977 bits per heavy atom. The van der Waals surface area contributed by atoms with Gasteiger partial charge in [-0.05, 0) is 62.5 Å². The number of imidazole rings is 2. The molecule has 0 aliphatic heterocycles. The summed E-state index contributed by atoms with van der Waals surface area (Å²) in [6, 6.07) is 24.6. The molecule has 0 aliphatic rings. The standard InChI is InChI=1S/C34H32N8OS/c1-41(2)16-14-22-7-6-9-25(19-22)36-33-35-15-13-27(39-33)32-31(40-34-42(32)17-18-44-34)24-11-12-26-28(20-24)38-30(37-26)21-23-8-4-5-10-29(23)43-3/h4-13,15,17-20H,14,16,21H2,1-3H3,(H,37,38)(H,35,36,39). The number of nitrogens with zero attached hydrogens (tertiary/aromatic N) is 6. The molecule has 0 saturated heterocycles. The van der Waals surface area contributed by atoms with E-state index in [1.165, 1.54) is 5.56 Å². The maximum Gasteiger partial charge on any atom is 0.227 e. The third kappa shape index (κ3) is 5.64. The molecule has 0 saturated carbocycles. The van der Waals surface area contributed by atoms with Gasteiger partial charge in [-0.25, -0.2) is 19.9 Å². The molecule has 3 aromatic carbocycles. The fourth-order valence-corrected chi connectivity index (χ4v) is 6.11. The molecular formula is C34H32N8OS. The molecule has 0 fully saturated rings. The molecule has 9 nitrogen and oxygen atoms in total. The first kappa shape index (κ1) is 27.8. The van der Waals surface area contributed by atoms with Crippen molar-refractivity contribution in [3.63, 3.8) is 0 Å². The van der Waals surface area contributed by atoms with E-state index in [4.69, 9.17) is 19.7 Å². The topological polar surface area (TPSA) is 96.3 Å². The lowest BCUT2D eigenvalue weighted by Gasteiger charge is -2.11. The zero-order chi connectivity index (χ0) is 30.0. The Morgan fingerprint density at radius 2 is 1.89 bits per heavy atom. The summed E-state index contributed by atoms with van der Waals surface area (Å²) in [5, 5.41) is 5.44. The maximum absolute atomic E-state index is 5.54. The van der Waals surface area contributed by atoms with Crippen LogP contribution in [0.2, 0.25) is 0 Å². The van der Waals surface area contributed by atoms with E-state index < -0.39 is 0 Å². The zero-order valence-electron chi connectivity index (χ0n) is 24.8. The van der Waals surface area contributed by atoms with Gasteiger partial charge in [0.2, 0.25) is 5.95 Å². The van der Waals surface area contributed by atoms with Gasteiger partial charge in [0.15, 0.2) is 4.96 Å². The quantitative estimate of drug-likeness (QED) is 0.177. The van der Waals surface area contributed by atoms with Crippen LogP contribution in [-0.4, -0.2) is 62.0 Å². The smallest absolute Gasteiger partial charge is 0.227 e. The molecule has 220 valence electrons. The normalized spacial score (nSPS) is 11.5. The summed E-state index contributed by atoms with van der Waals surface area (Å²) >= 11 is 1.60. The van der Waals surface area contributed by atoms with Crippen molar-refractivity contribution < 1.29 is 4.74 Å². The van der Waals surface area contributed by atoms with Crippen LogP contribution in [-0.2, 0) is 12.8 Å². The highest BCUT2D eigenvalue weighted by molar-refractivity contribution is 7.15. The van der Waals surface area contributed by atoms with Crippen molar-refractivity contribution in [3.05, 3.63) is 108 Å². The number of anilines is 2. The Morgan fingerprint density at radius 3 is 2.77 bits per heavy atom. The van der Waals surface area contributed by atoms with Gasteiger partial charge in [0.25, 0.3) is 0 Å². The molecule has 4 heterocycles. The second kappa shape index (κ2) is 11.9. The number of methoxy groups -OCH3 is 1.